The van der Waals surface area contributed by atoms with Gasteiger partial charge in [-0.15, -0.1) is 0 Å². The number of nitrogens with two attached hydrogens (primary N) is 1. The molecular weight excluding hydrogens is 256 g/mol. The molecule has 19 heavy (non-hydrogen) atoms. The van der Waals surface area contributed by atoms with Crippen LogP contribution in [0, 0.1) is 0 Å². The van der Waals surface area contributed by atoms with Crippen molar-refractivity contribution >= 4 is 5.82 Å². The lowest BCUT2D eigenvalue weighted by atomic mass is 9.99. The normalized spacial score (nSPS) is 13.8. The number of hydrogen-bond acceptors (Lipinski definition) is 4. The van der Waals surface area contributed by atoms with E-state index in [1.807, 2.05) is 0 Å². The minimum Gasteiger partial charge on any atom is -0.454 e. The zero-order valence-electron chi connectivity index (χ0n) is 10.0. The lowest BCUT2D eigenvalue weighted by Gasteiger charge is -2.15. The van der Waals surface area contributed by atoms with Crippen LogP contribution >= 0.6 is 0 Å². The molecule has 0 radical (unpaired) electrons. The summed E-state index contributed by atoms with van der Waals surface area (Å²) in [4.78, 5) is 0. The fraction of sp³-hybridized carbons (Fsp3) is 0.250. The molecule has 0 atom stereocenters. The maximum Gasteiger partial charge on any atom is 0.271 e. The van der Waals surface area contributed by atoms with Gasteiger partial charge in [-0.05, 0) is 12.1 Å². The molecule has 1 aliphatic heterocycles. The number of halogens is 2. The van der Waals surface area contributed by atoms with Gasteiger partial charge < -0.3 is 15.2 Å². The predicted molar refractivity (Wildman–Crippen MR) is 64.1 cm³/mol. The first kappa shape index (κ1) is 11.8. The number of alkyl halides is 2. The van der Waals surface area contributed by atoms with E-state index in [9.17, 15) is 8.78 Å². The van der Waals surface area contributed by atoms with Crippen molar-refractivity contribution in [1.29, 1.82) is 0 Å². The number of anilines is 1. The fourth-order valence-corrected chi connectivity index (χ4v) is 2.00. The summed E-state index contributed by atoms with van der Waals surface area (Å²) in [7, 11) is 0. The monoisotopic (exact) mass is 267 g/mol. The molecule has 100 valence electrons. The van der Waals surface area contributed by atoms with E-state index in [0.717, 1.165) is 6.92 Å². The summed E-state index contributed by atoms with van der Waals surface area (Å²) < 4.78 is 37.8. The summed E-state index contributed by atoms with van der Waals surface area (Å²) in [6, 6.07) is 4.28. The van der Waals surface area contributed by atoms with Gasteiger partial charge in [-0.3, -0.25) is 5.10 Å². The maximum atomic E-state index is 13.7. The molecule has 3 N–H and O–H groups in total. The fourth-order valence-electron chi connectivity index (χ4n) is 2.00. The highest BCUT2D eigenvalue weighted by atomic mass is 19.3. The second-order valence-electron chi connectivity index (χ2n) is 4.35. The third kappa shape index (κ3) is 1.96. The molecule has 0 fully saturated rings. The standard InChI is InChI=1S/C12H11F2N3O2/c1-12(13,14)7-3-10-9(18-5-19-10)2-6(7)8-4-11(15)17-16-8/h2-4H,5H2,1H3,(H3,15,16,17). The van der Waals surface area contributed by atoms with Gasteiger partial charge in [0.2, 0.25) is 6.79 Å². The first-order valence-corrected chi connectivity index (χ1v) is 5.58. The van der Waals surface area contributed by atoms with Crippen LogP contribution in [0.2, 0.25) is 0 Å². The van der Waals surface area contributed by atoms with Crippen LogP contribution in [0.15, 0.2) is 18.2 Å². The number of hydrogen-bond donors (Lipinski definition) is 2. The second kappa shape index (κ2) is 3.84. The first-order valence-electron chi connectivity index (χ1n) is 5.58. The van der Waals surface area contributed by atoms with Crippen LogP contribution in [0.5, 0.6) is 11.5 Å². The van der Waals surface area contributed by atoms with Gasteiger partial charge in [-0.25, -0.2) is 8.78 Å². The van der Waals surface area contributed by atoms with E-state index >= 15 is 0 Å². The molecule has 0 saturated carbocycles. The average Bonchev–Trinajstić information content (AvgIpc) is 2.93. The molecule has 2 aromatic rings. The minimum atomic E-state index is -3.02. The topological polar surface area (TPSA) is 73.2 Å². The van der Waals surface area contributed by atoms with Crippen molar-refractivity contribution in [2.75, 3.05) is 12.5 Å². The Balaban J connectivity index is 2.22. The molecule has 1 aromatic carbocycles. The highest BCUT2D eigenvalue weighted by Crippen LogP contribution is 2.43. The van der Waals surface area contributed by atoms with Crippen molar-refractivity contribution in [3.63, 3.8) is 0 Å². The van der Waals surface area contributed by atoms with Crippen LogP contribution in [0.25, 0.3) is 11.3 Å². The van der Waals surface area contributed by atoms with Crippen molar-refractivity contribution in [3.05, 3.63) is 23.8 Å². The van der Waals surface area contributed by atoms with Gasteiger partial charge in [0.25, 0.3) is 5.92 Å². The molecule has 2 heterocycles. The van der Waals surface area contributed by atoms with E-state index in [0.29, 0.717) is 22.8 Å². The maximum absolute atomic E-state index is 13.7. The molecule has 0 unspecified atom stereocenters. The molecule has 0 aliphatic carbocycles. The van der Waals surface area contributed by atoms with E-state index in [1.54, 1.807) is 0 Å². The van der Waals surface area contributed by atoms with Crippen LogP contribution in [-0.2, 0) is 5.92 Å². The zero-order chi connectivity index (χ0) is 13.6. The minimum absolute atomic E-state index is 0.0264. The number of H-pyrrole nitrogens is 1. The second-order valence-corrected chi connectivity index (χ2v) is 4.35. The molecule has 1 aromatic heterocycles. The largest absolute Gasteiger partial charge is 0.454 e. The summed E-state index contributed by atoms with van der Waals surface area (Å²) in [6.45, 7) is 0.854. The van der Waals surface area contributed by atoms with E-state index in [4.69, 9.17) is 15.2 Å². The van der Waals surface area contributed by atoms with Gasteiger partial charge >= 0.3 is 0 Å². The van der Waals surface area contributed by atoms with Crippen LogP contribution in [0.4, 0.5) is 14.6 Å². The molecule has 1 aliphatic rings. The van der Waals surface area contributed by atoms with Gasteiger partial charge in [0, 0.05) is 24.1 Å². The smallest absolute Gasteiger partial charge is 0.271 e. The zero-order valence-corrected chi connectivity index (χ0v) is 10.0. The lowest BCUT2D eigenvalue weighted by Crippen LogP contribution is -2.09. The Labute approximate surface area is 107 Å². The van der Waals surface area contributed by atoms with Gasteiger partial charge in [0.15, 0.2) is 11.5 Å². The summed E-state index contributed by atoms with van der Waals surface area (Å²) in [5.41, 5.74) is 6.04. The van der Waals surface area contributed by atoms with Gasteiger partial charge in [0.1, 0.15) is 5.82 Å². The predicted octanol–water partition coefficient (Wildman–Crippen LogP) is 2.50. The molecular formula is C12H11F2N3O2. The van der Waals surface area contributed by atoms with Crippen molar-refractivity contribution < 1.29 is 18.3 Å². The van der Waals surface area contributed by atoms with Gasteiger partial charge in [0.05, 0.1) is 5.69 Å². The number of nitrogen functional groups attached to an aromatic ring is 1. The molecule has 0 bridgehead atoms. The lowest BCUT2D eigenvalue weighted by molar-refractivity contribution is 0.0179. The summed E-state index contributed by atoms with van der Waals surface area (Å²) in [6.07, 6.45) is 0. The van der Waals surface area contributed by atoms with E-state index in [1.165, 1.54) is 18.2 Å². The first-order chi connectivity index (χ1) is 8.95. The van der Waals surface area contributed by atoms with E-state index in [2.05, 4.69) is 10.2 Å². The van der Waals surface area contributed by atoms with Crippen molar-refractivity contribution in [2.24, 2.45) is 0 Å². The Bertz CT molecular complexity index is 634. The molecule has 0 amide bonds. The summed E-state index contributed by atoms with van der Waals surface area (Å²) in [5, 5.41) is 6.37. The number of benzene rings is 1. The summed E-state index contributed by atoms with van der Waals surface area (Å²) >= 11 is 0. The van der Waals surface area contributed by atoms with E-state index < -0.39 is 5.92 Å². The third-order valence-corrected chi connectivity index (χ3v) is 2.87. The van der Waals surface area contributed by atoms with Gasteiger partial charge in [-0.2, -0.15) is 5.10 Å². The van der Waals surface area contributed by atoms with Crippen molar-refractivity contribution in [3.8, 4) is 22.8 Å². The number of fused-ring (bicyclic) bond motifs is 1. The van der Waals surface area contributed by atoms with E-state index in [-0.39, 0.29) is 18.2 Å². The Morgan fingerprint density at radius 3 is 2.53 bits per heavy atom. The average molecular weight is 267 g/mol. The van der Waals surface area contributed by atoms with Crippen LogP contribution in [0.3, 0.4) is 0 Å². The number of nitrogens with one attached hydrogen (secondary N) is 1. The van der Waals surface area contributed by atoms with Crippen molar-refractivity contribution in [1.82, 2.24) is 10.2 Å². The number of ether oxygens (including phenoxy) is 2. The molecule has 0 spiro atoms. The van der Waals surface area contributed by atoms with Crippen LogP contribution in [0.1, 0.15) is 12.5 Å². The highest BCUT2D eigenvalue weighted by molar-refractivity contribution is 5.71. The number of rotatable bonds is 2. The number of nitrogens with zero attached hydrogens (tertiary/aromatic N) is 1. The number of aromatic amines is 1. The highest BCUT2D eigenvalue weighted by Gasteiger charge is 2.31. The quantitative estimate of drug-likeness (QED) is 0.876. The van der Waals surface area contributed by atoms with Crippen molar-refractivity contribution in [2.45, 2.75) is 12.8 Å². The Kier molecular flexibility index (Phi) is 2.38. The Hall–Kier alpha value is -2.31. The molecule has 0 saturated heterocycles. The third-order valence-electron chi connectivity index (χ3n) is 2.87. The molecule has 3 rings (SSSR count). The Morgan fingerprint density at radius 1 is 1.26 bits per heavy atom. The number of aromatic nitrogens is 2. The SMILES string of the molecule is CC(F)(F)c1cc2c(cc1-c1cc(N)n[nH]1)OCO2. The van der Waals surface area contributed by atoms with Crippen LogP contribution < -0.4 is 15.2 Å². The molecule has 5 nitrogen and oxygen atoms in total. The van der Waals surface area contributed by atoms with Gasteiger partial charge in [-0.1, -0.05) is 0 Å². The van der Waals surface area contributed by atoms with Crippen LogP contribution in [-0.4, -0.2) is 17.0 Å². The Morgan fingerprint density at radius 2 is 1.95 bits per heavy atom. The molecule has 7 heteroatoms. The summed E-state index contributed by atoms with van der Waals surface area (Å²) in [5.74, 6) is -2.04.